The van der Waals surface area contributed by atoms with Gasteiger partial charge in [0.2, 0.25) is 5.91 Å². The Kier molecular flexibility index (Phi) is 3.96. The highest BCUT2D eigenvalue weighted by molar-refractivity contribution is 5.96. The summed E-state index contributed by atoms with van der Waals surface area (Å²) in [5.74, 6) is 1.78. The Morgan fingerprint density at radius 1 is 1.32 bits per heavy atom. The van der Waals surface area contributed by atoms with E-state index in [4.69, 9.17) is 4.74 Å². The molecular formula is C18H26N4O3. The molecule has 1 aromatic heterocycles. The van der Waals surface area contributed by atoms with Crippen LogP contribution in [0.5, 0.6) is 0 Å². The number of aromatic amines is 1. The first-order valence-corrected chi connectivity index (χ1v) is 9.27. The molecule has 0 radical (unpaired) electrons. The van der Waals surface area contributed by atoms with Crippen LogP contribution in [0.15, 0.2) is 6.07 Å². The van der Waals surface area contributed by atoms with Gasteiger partial charge in [0.15, 0.2) is 5.82 Å². The minimum Gasteiger partial charge on any atom is -0.446 e. The van der Waals surface area contributed by atoms with Crippen LogP contribution in [0, 0.1) is 11.3 Å². The molecule has 25 heavy (non-hydrogen) atoms. The molecule has 7 nitrogen and oxygen atoms in total. The van der Waals surface area contributed by atoms with Crippen LogP contribution in [-0.2, 0) is 9.53 Å². The van der Waals surface area contributed by atoms with Gasteiger partial charge in [-0.05, 0) is 58.3 Å². The molecule has 0 aliphatic heterocycles. The molecule has 2 amide bonds. The summed E-state index contributed by atoms with van der Waals surface area (Å²) in [5.41, 5.74) is 0.906. The maximum absolute atomic E-state index is 12.3. The summed E-state index contributed by atoms with van der Waals surface area (Å²) in [7, 11) is 0. The van der Waals surface area contributed by atoms with Crippen molar-refractivity contribution < 1.29 is 14.3 Å². The summed E-state index contributed by atoms with van der Waals surface area (Å²) in [6.07, 6.45) is 5.28. The maximum Gasteiger partial charge on any atom is 0.407 e. The van der Waals surface area contributed by atoms with Crippen LogP contribution in [0.2, 0.25) is 0 Å². The minimum absolute atomic E-state index is 0.0640. The average molecular weight is 346 g/mol. The Morgan fingerprint density at radius 3 is 2.72 bits per heavy atom. The molecule has 1 heterocycles. The summed E-state index contributed by atoms with van der Waals surface area (Å²) in [5, 5.41) is 13.0. The minimum atomic E-state index is -0.350. The van der Waals surface area contributed by atoms with E-state index in [2.05, 4.69) is 20.8 Å². The van der Waals surface area contributed by atoms with Crippen LogP contribution < -0.4 is 10.6 Å². The second-order valence-corrected chi connectivity index (χ2v) is 8.26. The van der Waals surface area contributed by atoms with E-state index < -0.39 is 0 Å². The molecule has 0 aromatic carbocycles. The van der Waals surface area contributed by atoms with Gasteiger partial charge in [-0.3, -0.25) is 9.89 Å². The first kappa shape index (κ1) is 16.4. The number of rotatable bonds is 5. The fourth-order valence-corrected chi connectivity index (χ4v) is 4.37. The average Bonchev–Trinajstić information content (AvgIpc) is 3.02. The molecule has 136 valence electrons. The first-order chi connectivity index (χ1) is 11.9. The molecule has 2 atom stereocenters. The van der Waals surface area contributed by atoms with Crippen LogP contribution >= 0.6 is 0 Å². The van der Waals surface area contributed by atoms with Gasteiger partial charge in [0.05, 0.1) is 5.41 Å². The van der Waals surface area contributed by atoms with Crippen molar-refractivity contribution in [1.82, 2.24) is 15.5 Å². The Labute approximate surface area is 147 Å². The van der Waals surface area contributed by atoms with Gasteiger partial charge >= 0.3 is 6.09 Å². The Bertz CT molecular complexity index is 667. The predicted molar refractivity (Wildman–Crippen MR) is 92.1 cm³/mol. The van der Waals surface area contributed by atoms with Gasteiger partial charge in [-0.2, -0.15) is 5.10 Å². The lowest BCUT2D eigenvalue weighted by Crippen LogP contribution is -2.58. The molecule has 4 aliphatic rings. The van der Waals surface area contributed by atoms with E-state index in [1.165, 1.54) is 0 Å². The standard InChI is InChI=1S/C18H26N4O3/c1-10(2)19-17(24)25-13-4-3-12(5-13)14-6-15(22-21-14)20-16(23)18-7-11(8-18)9-18/h6,10-13H,3-5,7-9H2,1-2H3,(H,19,24)(H2,20,21,22,23)/t11?,12-,13+,18?/m0/s1. The number of aromatic nitrogens is 2. The molecule has 1 aromatic rings. The van der Waals surface area contributed by atoms with Crippen molar-refractivity contribution in [2.75, 3.05) is 5.32 Å². The van der Waals surface area contributed by atoms with E-state index in [9.17, 15) is 9.59 Å². The smallest absolute Gasteiger partial charge is 0.407 e. The van der Waals surface area contributed by atoms with Gasteiger partial charge in [0.25, 0.3) is 0 Å². The molecule has 4 saturated carbocycles. The normalized spacial score (nSPS) is 32.7. The third-order valence-corrected chi connectivity index (χ3v) is 5.86. The third kappa shape index (κ3) is 3.12. The zero-order chi connectivity index (χ0) is 17.6. The second-order valence-electron chi connectivity index (χ2n) is 8.26. The van der Waals surface area contributed by atoms with Crippen molar-refractivity contribution >= 4 is 17.8 Å². The number of anilines is 1. The van der Waals surface area contributed by atoms with E-state index in [-0.39, 0.29) is 35.5 Å². The zero-order valence-electron chi connectivity index (χ0n) is 14.8. The van der Waals surface area contributed by atoms with E-state index in [1.807, 2.05) is 19.9 Å². The van der Waals surface area contributed by atoms with Gasteiger partial charge in [-0.1, -0.05) is 0 Å². The van der Waals surface area contributed by atoms with E-state index in [0.29, 0.717) is 5.82 Å². The molecule has 0 unspecified atom stereocenters. The molecule has 4 fully saturated rings. The number of ether oxygens (including phenoxy) is 1. The van der Waals surface area contributed by atoms with E-state index in [0.717, 1.165) is 50.1 Å². The fourth-order valence-electron chi connectivity index (χ4n) is 4.37. The Morgan fingerprint density at radius 2 is 2.08 bits per heavy atom. The highest BCUT2D eigenvalue weighted by atomic mass is 16.6. The lowest BCUT2D eigenvalue weighted by molar-refractivity contribution is -0.158. The zero-order valence-corrected chi connectivity index (χ0v) is 14.8. The number of hydrogen-bond donors (Lipinski definition) is 3. The van der Waals surface area contributed by atoms with Crippen LogP contribution in [-0.4, -0.2) is 34.3 Å². The number of hydrogen-bond acceptors (Lipinski definition) is 4. The molecule has 0 spiro atoms. The summed E-state index contributed by atoms with van der Waals surface area (Å²) in [4.78, 5) is 24.0. The molecule has 0 saturated heterocycles. The fraction of sp³-hybridized carbons (Fsp3) is 0.722. The highest BCUT2D eigenvalue weighted by Gasteiger charge is 2.61. The van der Waals surface area contributed by atoms with Crippen molar-refractivity contribution in [1.29, 1.82) is 0 Å². The number of carbonyl (C=O) groups excluding carboxylic acids is 2. The largest absolute Gasteiger partial charge is 0.446 e. The number of alkyl carbamates (subject to hydrolysis) is 1. The molecule has 5 rings (SSSR count). The Hall–Kier alpha value is -2.05. The third-order valence-electron chi connectivity index (χ3n) is 5.86. The van der Waals surface area contributed by atoms with Crippen molar-refractivity contribution in [2.24, 2.45) is 11.3 Å². The van der Waals surface area contributed by atoms with Gasteiger partial charge in [-0.25, -0.2) is 4.79 Å². The lowest BCUT2D eigenvalue weighted by atomic mass is 9.44. The molecular weight excluding hydrogens is 320 g/mol. The number of nitrogens with one attached hydrogen (secondary N) is 3. The summed E-state index contributed by atoms with van der Waals surface area (Å²) >= 11 is 0. The van der Waals surface area contributed by atoms with Crippen molar-refractivity contribution in [3.05, 3.63) is 11.8 Å². The molecule has 4 aliphatic carbocycles. The van der Waals surface area contributed by atoms with Crippen molar-refractivity contribution in [3.63, 3.8) is 0 Å². The molecule has 2 bridgehead atoms. The van der Waals surface area contributed by atoms with Crippen LogP contribution in [0.3, 0.4) is 0 Å². The number of H-pyrrole nitrogens is 1. The van der Waals surface area contributed by atoms with Gasteiger partial charge in [0.1, 0.15) is 6.10 Å². The van der Waals surface area contributed by atoms with E-state index in [1.54, 1.807) is 0 Å². The van der Waals surface area contributed by atoms with E-state index >= 15 is 0 Å². The summed E-state index contributed by atoms with van der Waals surface area (Å²) < 4.78 is 5.46. The molecule has 7 heteroatoms. The number of carbonyl (C=O) groups is 2. The molecule has 3 N–H and O–H groups in total. The summed E-state index contributed by atoms with van der Waals surface area (Å²) in [6, 6.07) is 1.99. The first-order valence-electron chi connectivity index (χ1n) is 9.27. The monoisotopic (exact) mass is 346 g/mol. The summed E-state index contributed by atoms with van der Waals surface area (Å²) in [6.45, 7) is 3.82. The Balaban J connectivity index is 1.29. The predicted octanol–water partition coefficient (Wildman–Crippen LogP) is 2.92. The van der Waals surface area contributed by atoms with Crippen molar-refractivity contribution in [2.45, 2.75) is 70.4 Å². The highest BCUT2D eigenvalue weighted by Crippen LogP contribution is 2.64. The quantitative estimate of drug-likeness (QED) is 0.764. The lowest BCUT2D eigenvalue weighted by Gasteiger charge is -2.59. The maximum atomic E-state index is 12.3. The second kappa shape index (κ2) is 6.04. The topological polar surface area (TPSA) is 96.1 Å². The SMILES string of the molecule is CC(C)NC(=O)O[C@@H]1CC[C@H](c2cc(NC(=O)C34CC(C3)C4)n[nH]2)C1. The number of amides is 2. The van der Waals surface area contributed by atoms with Gasteiger partial charge in [-0.15, -0.1) is 0 Å². The van der Waals surface area contributed by atoms with Crippen molar-refractivity contribution in [3.8, 4) is 0 Å². The van der Waals surface area contributed by atoms with Crippen LogP contribution in [0.25, 0.3) is 0 Å². The van der Waals surface area contributed by atoms with Crippen LogP contribution in [0.4, 0.5) is 10.6 Å². The van der Waals surface area contributed by atoms with Crippen LogP contribution in [0.1, 0.15) is 64.0 Å². The van der Waals surface area contributed by atoms with Gasteiger partial charge < -0.3 is 15.4 Å². The number of nitrogens with zero attached hydrogens (tertiary/aromatic N) is 1. The van der Waals surface area contributed by atoms with Gasteiger partial charge in [0, 0.05) is 23.7 Å².